The molecule has 1 saturated carbocycles. The highest BCUT2D eigenvalue weighted by Crippen LogP contribution is 2.35. The Kier molecular flexibility index (Phi) is 4.29. The molecule has 0 atom stereocenters. The van der Waals surface area contributed by atoms with Gasteiger partial charge in [-0.15, -0.1) is 0 Å². The molecule has 0 saturated heterocycles. The fraction of sp³-hybridized carbons (Fsp3) is 0.312. The van der Waals surface area contributed by atoms with E-state index in [0.717, 1.165) is 0 Å². The van der Waals surface area contributed by atoms with Crippen LogP contribution in [0.2, 0.25) is 5.28 Å². The molecule has 2 heterocycles. The highest BCUT2D eigenvalue weighted by atomic mass is 35.5. The van der Waals surface area contributed by atoms with Gasteiger partial charge in [-0.2, -0.15) is 5.10 Å². The van der Waals surface area contributed by atoms with Crippen LogP contribution < -0.4 is 10.3 Å². The van der Waals surface area contributed by atoms with E-state index in [1.807, 2.05) is 0 Å². The molecule has 142 valence electrons. The number of hydrogen-bond acceptors (Lipinski definition) is 8. The normalized spacial score (nSPS) is 16.0. The van der Waals surface area contributed by atoms with Crippen LogP contribution in [0.15, 0.2) is 40.3 Å². The standard InChI is InChI=1S/C16H16ClN5O4S/c1-21-8-9(7-18-21)16(25,26)22-13(23)11-6-10(27-20-15(24)4-5-15)2-3-12(11)19-14(22)17/h2-3,6-8,20,24-26H,4-5H2,1H3. The summed E-state index contributed by atoms with van der Waals surface area (Å²) in [6, 6.07) is 4.89. The minimum Gasteiger partial charge on any atom is -0.375 e. The molecule has 4 N–H and O–H groups in total. The first-order chi connectivity index (χ1) is 12.7. The van der Waals surface area contributed by atoms with E-state index in [1.54, 1.807) is 25.2 Å². The summed E-state index contributed by atoms with van der Waals surface area (Å²) in [6.07, 6.45) is 3.92. The third-order valence-electron chi connectivity index (χ3n) is 4.29. The van der Waals surface area contributed by atoms with Gasteiger partial charge in [0.25, 0.3) is 11.5 Å². The maximum atomic E-state index is 13.0. The fourth-order valence-corrected chi connectivity index (χ4v) is 3.68. The van der Waals surface area contributed by atoms with E-state index in [1.165, 1.54) is 29.0 Å². The maximum absolute atomic E-state index is 13.0. The molecule has 0 amide bonds. The molecular weight excluding hydrogens is 394 g/mol. The summed E-state index contributed by atoms with van der Waals surface area (Å²) in [5.41, 5.74) is -1.30. The molecule has 27 heavy (non-hydrogen) atoms. The zero-order valence-electron chi connectivity index (χ0n) is 14.1. The van der Waals surface area contributed by atoms with Crippen molar-refractivity contribution in [3.8, 4) is 0 Å². The molecule has 0 spiro atoms. The van der Waals surface area contributed by atoms with Crippen molar-refractivity contribution in [3.63, 3.8) is 0 Å². The highest BCUT2D eigenvalue weighted by Gasteiger charge is 2.40. The summed E-state index contributed by atoms with van der Waals surface area (Å²) in [5.74, 6) is -2.71. The SMILES string of the molecule is Cn1cc(C(O)(O)n2c(Cl)nc3ccc(SNC4(O)CC4)cc3c2=O)cn1. The van der Waals surface area contributed by atoms with Crippen LogP contribution in [0.5, 0.6) is 0 Å². The molecule has 0 aliphatic heterocycles. The van der Waals surface area contributed by atoms with E-state index >= 15 is 0 Å². The van der Waals surface area contributed by atoms with Crippen LogP contribution in [-0.2, 0) is 13.0 Å². The van der Waals surface area contributed by atoms with Gasteiger partial charge in [0.05, 0.1) is 22.7 Å². The largest absolute Gasteiger partial charge is 0.375 e. The van der Waals surface area contributed by atoms with Gasteiger partial charge in [-0.05, 0) is 54.6 Å². The number of hydrogen-bond donors (Lipinski definition) is 4. The number of halogens is 1. The number of fused-ring (bicyclic) bond motifs is 1. The molecule has 11 heteroatoms. The Bertz CT molecular complexity index is 1090. The molecule has 2 aromatic heterocycles. The average Bonchev–Trinajstić information content (AvgIpc) is 3.17. The van der Waals surface area contributed by atoms with Crippen molar-refractivity contribution in [2.75, 3.05) is 0 Å². The Morgan fingerprint density at radius 3 is 2.74 bits per heavy atom. The molecule has 0 radical (unpaired) electrons. The van der Waals surface area contributed by atoms with Gasteiger partial charge in [0.2, 0.25) is 5.28 Å². The molecule has 0 bridgehead atoms. The van der Waals surface area contributed by atoms with Crippen LogP contribution in [0.3, 0.4) is 0 Å². The van der Waals surface area contributed by atoms with Gasteiger partial charge in [0.1, 0.15) is 5.72 Å². The number of nitrogens with zero attached hydrogens (tertiary/aromatic N) is 4. The van der Waals surface area contributed by atoms with Crippen molar-refractivity contribution in [2.45, 2.75) is 29.4 Å². The van der Waals surface area contributed by atoms with Crippen molar-refractivity contribution in [1.29, 1.82) is 0 Å². The summed E-state index contributed by atoms with van der Waals surface area (Å²) in [5, 5.41) is 34.7. The summed E-state index contributed by atoms with van der Waals surface area (Å²) in [7, 11) is 1.60. The Morgan fingerprint density at radius 1 is 1.37 bits per heavy atom. The Morgan fingerprint density at radius 2 is 2.11 bits per heavy atom. The molecule has 3 aromatic rings. The first-order valence-electron chi connectivity index (χ1n) is 8.03. The van der Waals surface area contributed by atoms with Crippen molar-refractivity contribution >= 4 is 34.5 Å². The quantitative estimate of drug-likeness (QED) is 0.273. The summed E-state index contributed by atoms with van der Waals surface area (Å²) in [6.45, 7) is 0. The van der Waals surface area contributed by atoms with Crippen LogP contribution >= 0.6 is 23.5 Å². The Balaban J connectivity index is 1.79. The molecule has 1 aromatic carbocycles. The lowest BCUT2D eigenvalue weighted by atomic mass is 10.2. The van der Waals surface area contributed by atoms with Gasteiger partial charge in [0, 0.05) is 18.1 Å². The second-order valence-electron chi connectivity index (χ2n) is 6.47. The van der Waals surface area contributed by atoms with Crippen molar-refractivity contribution in [3.05, 3.63) is 51.8 Å². The van der Waals surface area contributed by atoms with E-state index < -0.39 is 17.2 Å². The minimum absolute atomic E-state index is 0.0294. The molecule has 0 unspecified atom stereocenters. The molecule has 4 rings (SSSR count). The third kappa shape index (κ3) is 3.35. The summed E-state index contributed by atoms with van der Waals surface area (Å²) < 4.78 is 4.89. The molecule has 1 aliphatic carbocycles. The minimum atomic E-state index is -2.71. The van der Waals surface area contributed by atoms with Gasteiger partial charge in [-0.1, -0.05) is 0 Å². The van der Waals surface area contributed by atoms with Crippen molar-refractivity contribution in [1.82, 2.24) is 24.1 Å². The third-order valence-corrected chi connectivity index (χ3v) is 5.51. The Hall–Kier alpha value is -1.95. The van der Waals surface area contributed by atoms with E-state index in [-0.39, 0.29) is 16.2 Å². The highest BCUT2D eigenvalue weighted by molar-refractivity contribution is 7.97. The van der Waals surface area contributed by atoms with E-state index in [0.29, 0.717) is 27.8 Å². The summed E-state index contributed by atoms with van der Waals surface area (Å²) >= 11 is 7.26. The lowest BCUT2D eigenvalue weighted by Crippen LogP contribution is -2.42. The van der Waals surface area contributed by atoms with Gasteiger partial charge in [-0.3, -0.25) is 9.48 Å². The number of aliphatic hydroxyl groups is 3. The second-order valence-corrected chi connectivity index (χ2v) is 7.69. The number of aromatic nitrogens is 4. The molecule has 1 fully saturated rings. The average molecular weight is 410 g/mol. The lowest BCUT2D eigenvalue weighted by Gasteiger charge is -2.24. The predicted octanol–water partition coefficient (Wildman–Crippen LogP) is 0.506. The van der Waals surface area contributed by atoms with Crippen LogP contribution in [0.4, 0.5) is 0 Å². The van der Waals surface area contributed by atoms with Gasteiger partial charge >= 0.3 is 0 Å². The van der Waals surface area contributed by atoms with Crippen molar-refractivity contribution < 1.29 is 15.3 Å². The smallest absolute Gasteiger partial charge is 0.287 e. The first-order valence-corrected chi connectivity index (χ1v) is 9.22. The summed E-state index contributed by atoms with van der Waals surface area (Å²) in [4.78, 5) is 17.7. The lowest BCUT2D eigenvalue weighted by molar-refractivity contribution is -0.194. The van der Waals surface area contributed by atoms with Gasteiger partial charge in [-0.25, -0.2) is 14.3 Å². The van der Waals surface area contributed by atoms with E-state index in [4.69, 9.17) is 11.6 Å². The fourth-order valence-electron chi connectivity index (χ4n) is 2.57. The Labute approximate surface area is 162 Å². The monoisotopic (exact) mass is 409 g/mol. The van der Waals surface area contributed by atoms with Crippen molar-refractivity contribution in [2.24, 2.45) is 7.05 Å². The van der Waals surface area contributed by atoms with E-state index in [9.17, 15) is 20.1 Å². The van der Waals surface area contributed by atoms with Gasteiger partial charge < -0.3 is 15.3 Å². The van der Waals surface area contributed by atoms with E-state index in [2.05, 4.69) is 14.8 Å². The van der Waals surface area contributed by atoms with Crippen LogP contribution in [-0.4, -0.2) is 40.4 Å². The predicted molar refractivity (Wildman–Crippen MR) is 98.9 cm³/mol. The number of benzene rings is 1. The van der Waals surface area contributed by atoms with Gasteiger partial charge in [0.15, 0.2) is 0 Å². The van der Waals surface area contributed by atoms with Crippen LogP contribution in [0.1, 0.15) is 18.4 Å². The van der Waals surface area contributed by atoms with Crippen LogP contribution in [0, 0.1) is 0 Å². The van der Waals surface area contributed by atoms with Crippen LogP contribution in [0.25, 0.3) is 10.9 Å². The molecule has 9 nitrogen and oxygen atoms in total. The topological polar surface area (TPSA) is 125 Å². The zero-order valence-corrected chi connectivity index (χ0v) is 15.7. The molecular formula is C16H16ClN5O4S. The number of aryl methyl sites for hydroxylation is 1. The number of nitrogens with one attached hydrogen (secondary N) is 1. The number of rotatable bonds is 5. The maximum Gasteiger partial charge on any atom is 0.287 e. The second kappa shape index (κ2) is 6.30. The zero-order chi connectivity index (χ0) is 19.4. The molecule has 1 aliphatic rings. The first kappa shape index (κ1) is 18.4.